The molecule has 0 spiro atoms. The van der Waals surface area contributed by atoms with Crippen molar-refractivity contribution in [2.45, 2.75) is 6.61 Å². The highest BCUT2D eigenvalue weighted by Gasteiger charge is 2.16. The molecule has 0 amide bonds. The smallest absolute Gasteiger partial charge is 0.312 e. The third-order valence-electron chi connectivity index (χ3n) is 2.69. The molecule has 6 nitrogen and oxygen atoms in total. The van der Waals surface area contributed by atoms with Crippen molar-refractivity contribution in [3.05, 3.63) is 69.8 Å². The van der Waals surface area contributed by atoms with E-state index in [0.29, 0.717) is 6.61 Å². The number of benzene rings is 2. The summed E-state index contributed by atoms with van der Waals surface area (Å²) in [5.41, 5.74) is 0.937. The molecule has 0 N–H and O–H groups in total. The number of ether oxygens (including phenoxy) is 2. The molecular weight excluding hydrogens is 272 g/mol. The quantitative estimate of drug-likeness (QED) is 0.352. The van der Waals surface area contributed by atoms with Crippen molar-refractivity contribution < 1.29 is 14.4 Å². The van der Waals surface area contributed by atoms with E-state index in [2.05, 4.69) is 0 Å². The van der Waals surface area contributed by atoms with Gasteiger partial charge in [-0.05, 0) is 17.7 Å². The van der Waals surface area contributed by atoms with Crippen molar-refractivity contribution in [3.63, 3.8) is 0 Å². The third kappa shape index (κ3) is 4.03. The Morgan fingerprint density at radius 2 is 1.95 bits per heavy atom. The number of nitro benzene ring substituents is 1. The molecule has 0 bridgehead atoms. The SMILES string of the molecule is N#Cc1ccc(OCOCc2ccccc2)c([N+](=O)[O-])c1. The largest absolute Gasteiger partial charge is 0.460 e. The molecular formula is C15H12N2O4. The minimum absolute atomic E-state index is 0.0760. The second-order valence-electron chi connectivity index (χ2n) is 4.15. The van der Waals surface area contributed by atoms with Gasteiger partial charge < -0.3 is 9.47 Å². The molecule has 21 heavy (non-hydrogen) atoms. The van der Waals surface area contributed by atoms with Crippen LogP contribution < -0.4 is 4.74 Å². The molecule has 6 heteroatoms. The maximum Gasteiger partial charge on any atom is 0.312 e. The van der Waals surface area contributed by atoms with Crippen LogP contribution in [-0.4, -0.2) is 11.7 Å². The standard InChI is InChI=1S/C15H12N2O4/c16-9-13-6-7-15(14(8-13)17(18)19)21-11-20-10-12-4-2-1-3-5-12/h1-8H,10-11H2. The fourth-order valence-electron chi connectivity index (χ4n) is 1.69. The zero-order valence-corrected chi connectivity index (χ0v) is 11.1. The minimum Gasteiger partial charge on any atom is -0.460 e. The summed E-state index contributed by atoms with van der Waals surface area (Å²) < 4.78 is 10.6. The molecule has 0 radical (unpaired) electrons. The maximum atomic E-state index is 10.9. The highest BCUT2D eigenvalue weighted by atomic mass is 16.7. The van der Waals surface area contributed by atoms with Crippen LogP contribution in [0.3, 0.4) is 0 Å². The van der Waals surface area contributed by atoms with E-state index in [9.17, 15) is 10.1 Å². The summed E-state index contributed by atoms with van der Waals surface area (Å²) in [5.74, 6) is 0.0760. The van der Waals surface area contributed by atoms with Gasteiger partial charge in [0.1, 0.15) is 0 Å². The van der Waals surface area contributed by atoms with Crippen LogP contribution in [0.1, 0.15) is 11.1 Å². The van der Waals surface area contributed by atoms with Gasteiger partial charge >= 0.3 is 5.69 Å². The van der Waals surface area contributed by atoms with E-state index < -0.39 is 4.92 Å². The van der Waals surface area contributed by atoms with Crippen molar-refractivity contribution in [1.29, 1.82) is 5.26 Å². The zero-order chi connectivity index (χ0) is 15.1. The van der Waals surface area contributed by atoms with Gasteiger partial charge in [-0.2, -0.15) is 5.26 Å². The fourth-order valence-corrected chi connectivity index (χ4v) is 1.69. The highest BCUT2D eigenvalue weighted by molar-refractivity contribution is 5.51. The van der Waals surface area contributed by atoms with E-state index >= 15 is 0 Å². The molecule has 0 unspecified atom stereocenters. The third-order valence-corrected chi connectivity index (χ3v) is 2.69. The van der Waals surface area contributed by atoms with Crippen LogP contribution in [0, 0.1) is 21.4 Å². The van der Waals surface area contributed by atoms with Gasteiger partial charge in [-0.25, -0.2) is 0 Å². The van der Waals surface area contributed by atoms with Crippen molar-refractivity contribution in [2.24, 2.45) is 0 Å². The molecule has 0 saturated heterocycles. The van der Waals surface area contributed by atoms with Crippen molar-refractivity contribution >= 4 is 5.69 Å². The van der Waals surface area contributed by atoms with E-state index in [1.807, 2.05) is 36.4 Å². The number of rotatable bonds is 6. The van der Waals surface area contributed by atoms with E-state index in [0.717, 1.165) is 5.56 Å². The van der Waals surface area contributed by atoms with Crippen LogP contribution in [0.5, 0.6) is 5.75 Å². The Bertz CT molecular complexity index is 665. The first kappa shape index (κ1) is 14.5. The van der Waals surface area contributed by atoms with E-state index in [-0.39, 0.29) is 23.8 Å². The number of nitrogens with zero attached hydrogens (tertiary/aromatic N) is 2. The molecule has 0 aliphatic rings. The molecule has 2 rings (SSSR count). The molecule has 2 aromatic rings. The summed E-state index contributed by atoms with van der Waals surface area (Å²) >= 11 is 0. The first-order valence-corrected chi connectivity index (χ1v) is 6.13. The Balaban J connectivity index is 1.94. The number of hydrogen-bond acceptors (Lipinski definition) is 5. The Kier molecular flexibility index (Phi) is 4.85. The summed E-state index contributed by atoms with van der Waals surface area (Å²) in [6.07, 6.45) is 0. The van der Waals surface area contributed by atoms with E-state index in [4.69, 9.17) is 14.7 Å². The second kappa shape index (κ2) is 7.03. The van der Waals surface area contributed by atoms with Gasteiger partial charge in [0.2, 0.25) is 0 Å². The topological polar surface area (TPSA) is 85.4 Å². The van der Waals surface area contributed by atoms with E-state index in [1.165, 1.54) is 18.2 Å². The van der Waals surface area contributed by atoms with Gasteiger partial charge in [0.25, 0.3) is 0 Å². The predicted molar refractivity (Wildman–Crippen MR) is 74.5 cm³/mol. The molecule has 2 aromatic carbocycles. The van der Waals surface area contributed by atoms with E-state index in [1.54, 1.807) is 0 Å². The van der Waals surface area contributed by atoms with Crippen molar-refractivity contribution in [2.75, 3.05) is 6.79 Å². The molecule has 0 aliphatic carbocycles. The Labute approximate surface area is 121 Å². The van der Waals surface area contributed by atoms with Gasteiger partial charge in [-0.15, -0.1) is 0 Å². The van der Waals surface area contributed by atoms with Crippen LogP contribution in [0.4, 0.5) is 5.69 Å². The first-order chi connectivity index (χ1) is 10.2. The van der Waals surface area contributed by atoms with Crippen LogP contribution >= 0.6 is 0 Å². The molecule has 0 heterocycles. The molecule has 0 aromatic heterocycles. The number of nitriles is 1. The predicted octanol–water partition coefficient (Wildman–Crippen LogP) is 3.02. The van der Waals surface area contributed by atoms with Gasteiger partial charge in [0.15, 0.2) is 12.5 Å². The maximum absolute atomic E-state index is 10.9. The van der Waals surface area contributed by atoms with Crippen LogP contribution in [0.15, 0.2) is 48.5 Å². The van der Waals surface area contributed by atoms with Gasteiger partial charge in [0, 0.05) is 6.07 Å². The molecule has 0 fully saturated rings. The monoisotopic (exact) mass is 284 g/mol. The van der Waals surface area contributed by atoms with Crippen LogP contribution in [0.25, 0.3) is 0 Å². The minimum atomic E-state index is -0.590. The fraction of sp³-hybridized carbons (Fsp3) is 0.133. The van der Waals surface area contributed by atoms with Gasteiger partial charge in [-0.3, -0.25) is 10.1 Å². The molecule has 106 valence electrons. The Morgan fingerprint density at radius 3 is 2.62 bits per heavy atom. The summed E-state index contributed by atoms with van der Waals surface area (Å²) in [6.45, 7) is 0.243. The van der Waals surface area contributed by atoms with Crippen molar-refractivity contribution in [1.82, 2.24) is 0 Å². The normalized spacial score (nSPS) is 9.86. The Hall–Kier alpha value is -2.91. The first-order valence-electron chi connectivity index (χ1n) is 6.13. The lowest BCUT2D eigenvalue weighted by Gasteiger charge is -2.08. The second-order valence-corrected chi connectivity index (χ2v) is 4.15. The van der Waals surface area contributed by atoms with Gasteiger partial charge in [-0.1, -0.05) is 30.3 Å². The summed E-state index contributed by atoms with van der Waals surface area (Å²) in [6, 6.07) is 15.4. The average molecular weight is 284 g/mol. The van der Waals surface area contributed by atoms with Gasteiger partial charge in [0.05, 0.1) is 23.2 Å². The van der Waals surface area contributed by atoms with Crippen LogP contribution in [0.2, 0.25) is 0 Å². The summed E-state index contributed by atoms with van der Waals surface area (Å²) in [4.78, 5) is 10.3. The summed E-state index contributed by atoms with van der Waals surface area (Å²) in [5, 5.41) is 19.7. The number of nitro groups is 1. The molecule has 0 atom stereocenters. The average Bonchev–Trinajstić information content (AvgIpc) is 2.52. The van der Waals surface area contributed by atoms with Crippen molar-refractivity contribution in [3.8, 4) is 11.8 Å². The Morgan fingerprint density at radius 1 is 1.19 bits per heavy atom. The molecule has 0 aliphatic heterocycles. The lowest BCUT2D eigenvalue weighted by Crippen LogP contribution is -2.05. The zero-order valence-electron chi connectivity index (χ0n) is 11.1. The lowest BCUT2D eigenvalue weighted by molar-refractivity contribution is -0.386. The van der Waals surface area contributed by atoms with Crippen LogP contribution in [-0.2, 0) is 11.3 Å². The summed E-state index contributed by atoms with van der Waals surface area (Å²) in [7, 11) is 0. The molecule has 0 saturated carbocycles. The lowest BCUT2D eigenvalue weighted by atomic mass is 10.2. The highest BCUT2D eigenvalue weighted by Crippen LogP contribution is 2.27. The number of hydrogen-bond donors (Lipinski definition) is 0.